The molecule has 1 atom stereocenters. The molecule has 11 heavy (non-hydrogen) atoms. The molecule has 1 aromatic carbocycles. The lowest BCUT2D eigenvalue weighted by Gasteiger charge is -2.06. The van der Waals surface area contributed by atoms with Crippen LogP contribution in [-0.4, -0.2) is 19.3 Å². The Hall–Kier alpha value is 0.0162. The average Bonchev–Trinajstić information content (AvgIpc) is 2.09. The van der Waals surface area contributed by atoms with Gasteiger partial charge >= 0.3 is 19.3 Å². The predicted molar refractivity (Wildman–Crippen MR) is 51.0 cm³/mol. The zero-order valence-corrected chi connectivity index (χ0v) is 8.50. The minimum Gasteiger partial charge on any atom is -0.345 e. The van der Waals surface area contributed by atoms with Crippen molar-refractivity contribution in [1.29, 1.82) is 0 Å². The Kier molecular flexibility index (Phi) is 3.98. The van der Waals surface area contributed by atoms with E-state index in [1.807, 2.05) is 24.3 Å². The van der Waals surface area contributed by atoms with Crippen LogP contribution in [-0.2, 0) is 0 Å². The van der Waals surface area contributed by atoms with Crippen LogP contribution in [0.2, 0.25) is 0 Å². The molecule has 2 heteroatoms. The summed E-state index contributed by atoms with van der Waals surface area (Å²) in [4.78, 5) is 0. The van der Waals surface area contributed by atoms with E-state index in [0.717, 1.165) is 0 Å². The highest BCUT2D eigenvalue weighted by Gasteiger charge is 2.07. The van der Waals surface area contributed by atoms with E-state index in [0.29, 0.717) is 4.05 Å². The molecule has 0 nitrogen and oxygen atoms in total. The Balaban J connectivity index is 2.82. The summed E-state index contributed by atoms with van der Waals surface area (Å²) in [6, 6.07) is 10.3. The highest BCUT2D eigenvalue weighted by atomic mass is 35.5. The summed E-state index contributed by atoms with van der Waals surface area (Å²) < 4.78 is 0.429. The molecule has 54 valence electrons. The normalized spacial score (nSPS) is 11.7. The lowest BCUT2D eigenvalue weighted by Crippen LogP contribution is -1.98. The van der Waals surface area contributed by atoms with Crippen LogP contribution in [0, 0.1) is 0 Å². The third-order valence-corrected chi connectivity index (χ3v) is 3.81. The summed E-state index contributed by atoms with van der Waals surface area (Å²) in [6.07, 6.45) is 1.94. The largest absolute Gasteiger partial charge is 0.512 e. The number of hydrogen-bond donors (Lipinski definition) is 0. The van der Waals surface area contributed by atoms with Crippen LogP contribution in [0.1, 0.15) is 9.61 Å². The Labute approximate surface area is 80.8 Å². The third kappa shape index (κ3) is 2.51. The van der Waals surface area contributed by atoms with Gasteiger partial charge in [-0.15, -0.1) is 12.7 Å². The van der Waals surface area contributed by atoms with Crippen molar-refractivity contribution in [3.63, 3.8) is 0 Å². The average molecular weight is 177 g/mol. The molecule has 1 unspecified atom stereocenters. The fraction of sp³-hybridized carbons (Fsp3) is 0.111. The fourth-order valence-electron chi connectivity index (χ4n) is 0.988. The molecule has 0 aliphatic carbocycles. The molecule has 0 amide bonds. The summed E-state index contributed by atoms with van der Waals surface area (Å²) in [5, 5.41) is 0. The van der Waals surface area contributed by atoms with Crippen molar-refractivity contribution in [3.05, 3.63) is 48.6 Å². The highest BCUT2D eigenvalue weighted by molar-refractivity contribution is 6.94. The van der Waals surface area contributed by atoms with Crippen LogP contribution in [0.25, 0.3) is 0 Å². The lowest BCUT2D eigenvalue weighted by atomic mass is 10.1. The molecular formula is C9H9ClMg. The summed E-state index contributed by atoms with van der Waals surface area (Å²) in [5.74, 6) is 0. The zero-order chi connectivity index (χ0) is 8.10. The predicted octanol–water partition coefficient (Wildman–Crippen LogP) is 2.77. The summed E-state index contributed by atoms with van der Waals surface area (Å²) in [7, 11) is 5.87. The molecule has 0 N–H and O–H groups in total. The van der Waals surface area contributed by atoms with Gasteiger partial charge < -0.3 is 9.07 Å². The number of benzene rings is 1. The molecule has 0 saturated heterocycles. The number of halogens is 1. The smallest absolute Gasteiger partial charge is 0.345 e. The van der Waals surface area contributed by atoms with Crippen molar-refractivity contribution in [2.45, 2.75) is 4.05 Å². The maximum absolute atomic E-state index is 5.87. The second-order valence-electron chi connectivity index (χ2n) is 2.41. The summed E-state index contributed by atoms with van der Waals surface area (Å²) in [5.41, 5.74) is 1.30. The first-order valence-corrected chi connectivity index (χ1v) is 6.57. The van der Waals surface area contributed by atoms with Crippen LogP contribution < -0.4 is 0 Å². The number of hydrogen-bond acceptors (Lipinski definition) is 0. The molecule has 0 radical (unpaired) electrons. The SMILES string of the molecule is C=C[CH]([Mg][Cl])c1ccccc1. The molecule has 0 aliphatic rings. The van der Waals surface area contributed by atoms with Crippen molar-refractivity contribution in [1.82, 2.24) is 0 Å². The van der Waals surface area contributed by atoms with Gasteiger partial charge in [0.1, 0.15) is 0 Å². The van der Waals surface area contributed by atoms with Crippen molar-refractivity contribution in [2.24, 2.45) is 0 Å². The van der Waals surface area contributed by atoms with Gasteiger partial charge in [0, 0.05) is 0 Å². The van der Waals surface area contributed by atoms with E-state index in [-0.39, 0.29) is 0 Å². The van der Waals surface area contributed by atoms with Crippen molar-refractivity contribution >= 4 is 28.3 Å². The quantitative estimate of drug-likeness (QED) is 0.491. The number of allylic oxidation sites excluding steroid dienone is 1. The van der Waals surface area contributed by atoms with Gasteiger partial charge in [0.05, 0.1) is 0 Å². The van der Waals surface area contributed by atoms with Gasteiger partial charge in [-0.25, -0.2) is 0 Å². The Morgan fingerprint density at radius 3 is 2.45 bits per heavy atom. The molecule has 1 aromatic rings. The van der Waals surface area contributed by atoms with Crippen molar-refractivity contribution in [3.8, 4) is 0 Å². The van der Waals surface area contributed by atoms with Gasteiger partial charge in [0.2, 0.25) is 0 Å². The van der Waals surface area contributed by atoms with E-state index in [2.05, 4.69) is 18.7 Å². The van der Waals surface area contributed by atoms with Crippen LogP contribution >= 0.6 is 9.07 Å². The van der Waals surface area contributed by atoms with Crippen molar-refractivity contribution in [2.75, 3.05) is 0 Å². The molecule has 0 aromatic heterocycles. The van der Waals surface area contributed by atoms with Gasteiger partial charge in [-0.1, -0.05) is 39.9 Å². The molecule has 0 spiro atoms. The molecule has 0 heterocycles. The Bertz CT molecular complexity index is 220. The van der Waals surface area contributed by atoms with Crippen LogP contribution in [0.15, 0.2) is 43.0 Å². The molecule has 0 saturated carbocycles. The van der Waals surface area contributed by atoms with Crippen LogP contribution in [0.3, 0.4) is 0 Å². The monoisotopic (exact) mass is 176 g/mol. The molecule has 1 rings (SSSR count). The fourth-order valence-corrected chi connectivity index (χ4v) is 2.48. The van der Waals surface area contributed by atoms with Gasteiger partial charge in [0.15, 0.2) is 0 Å². The van der Waals surface area contributed by atoms with Gasteiger partial charge in [0.25, 0.3) is 0 Å². The van der Waals surface area contributed by atoms with E-state index < -0.39 is 19.3 Å². The Morgan fingerprint density at radius 1 is 1.36 bits per heavy atom. The maximum atomic E-state index is 5.87. The van der Waals surface area contributed by atoms with Gasteiger partial charge in [-0.2, -0.15) is 0 Å². The van der Waals surface area contributed by atoms with Crippen molar-refractivity contribution < 1.29 is 0 Å². The second-order valence-corrected chi connectivity index (χ2v) is 4.52. The van der Waals surface area contributed by atoms with E-state index >= 15 is 0 Å². The molecule has 0 fully saturated rings. The van der Waals surface area contributed by atoms with Gasteiger partial charge in [-0.3, -0.25) is 0 Å². The molecule has 0 bridgehead atoms. The van der Waals surface area contributed by atoms with Gasteiger partial charge in [-0.05, 0) is 0 Å². The zero-order valence-electron chi connectivity index (χ0n) is 6.33. The number of rotatable bonds is 3. The summed E-state index contributed by atoms with van der Waals surface area (Å²) >= 11 is -0.516. The molecular weight excluding hydrogens is 168 g/mol. The maximum Gasteiger partial charge on any atom is 0.512 e. The first-order chi connectivity index (χ1) is 5.38. The standard InChI is InChI=1S/C9H9.ClH.Mg/c1-2-6-9-7-4-3-5-8-9;;/h2-8H,1H2;1H;/q;;+1/p-1. The van der Waals surface area contributed by atoms with Crippen LogP contribution in [0.5, 0.6) is 0 Å². The summed E-state index contributed by atoms with van der Waals surface area (Å²) in [6.45, 7) is 3.76. The van der Waals surface area contributed by atoms with Crippen LogP contribution in [0.4, 0.5) is 0 Å². The van der Waals surface area contributed by atoms with E-state index in [1.165, 1.54) is 5.56 Å². The minimum atomic E-state index is -0.516. The van der Waals surface area contributed by atoms with E-state index in [9.17, 15) is 0 Å². The minimum absolute atomic E-state index is 0.429. The first kappa shape index (κ1) is 9.11. The van der Waals surface area contributed by atoms with E-state index in [4.69, 9.17) is 9.07 Å². The molecule has 0 aliphatic heterocycles. The second kappa shape index (κ2) is 4.81. The third-order valence-electron chi connectivity index (χ3n) is 1.68. The topological polar surface area (TPSA) is 0 Å². The van der Waals surface area contributed by atoms with E-state index in [1.54, 1.807) is 0 Å². The highest BCUT2D eigenvalue weighted by Crippen LogP contribution is 2.15. The lowest BCUT2D eigenvalue weighted by molar-refractivity contribution is 1.21. The first-order valence-electron chi connectivity index (χ1n) is 3.62. The Morgan fingerprint density at radius 2 is 2.00 bits per heavy atom.